The first-order chi connectivity index (χ1) is 7.05. The summed E-state index contributed by atoms with van der Waals surface area (Å²) < 4.78 is 97.6. The zero-order valence-electron chi connectivity index (χ0n) is 7.18. The van der Waals surface area contributed by atoms with E-state index in [2.05, 4.69) is 0 Å². The lowest BCUT2D eigenvalue weighted by Gasteiger charge is -2.13. The predicted molar refractivity (Wildman–Crippen MR) is 36.4 cm³/mol. The van der Waals surface area contributed by atoms with Crippen molar-refractivity contribution in [3.8, 4) is 0 Å². The molecule has 0 saturated carbocycles. The molecule has 0 saturated heterocycles. The van der Waals surface area contributed by atoms with Gasteiger partial charge in [0.05, 0.1) is 5.56 Å². The second kappa shape index (κ2) is 3.60. The van der Waals surface area contributed by atoms with Gasteiger partial charge in [-0.1, -0.05) is 0 Å². The fourth-order valence-electron chi connectivity index (χ4n) is 1.03. The van der Waals surface area contributed by atoms with Gasteiger partial charge in [0, 0.05) is 0 Å². The van der Waals surface area contributed by atoms with Crippen LogP contribution >= 0.6 is 0 Å². The molecule has 90 valence electrons. The standard InChI is InChI=1S/C8H2F8/c9-4-2-1-3(7(11,12)13)6(10)5(4)8(14,15)16/h1-2H. The molecule has 0 radical (unpaired) electrons. The molecule has 0 aliphatic heterocycles. The summed E-state index contributed by atoms with van der Waals surface area (Å²) in [5.74, 6) is -4.74. The summed E-state index contributed by atoms with van der Waals surface area (Å²) in [6.07, 6.45) is -10.8. The lowest BCUT2D eigenvalue weighted by molar-refractivity contribution is -0.149. The van der Waals surface area contributed by atoms with Gasteiger partial charge in [-0.15, -0.1) is 0 Å². The van der Waals surface area contributed by atoms with Gasteiger partial charge in [0.1, 0.15) is 11.4 Å². The molecule has 16 heavy (non-hydrogen) atoms. The lowest BCUT2D eigenvalue weighted by Crippen LogP contribution is -2.17. The maximum absolute atomic E-state index is 12.8. The largest absolute Gasteiger partial charge is 0.422 e. The number of hydrogen-bond acceptors (Lipinski definition) is 0. The Labute approximate surface area is 83.5 Å². The molecule has 0 bridgehead atoms. The molecular formula is C8H2F8. The van der Waals surface area contributed by atoms with Crippen molar-refractivity contribution in [1.82, 2.24) is 0 Å². The number of halogens is 8. The summed E-state index contributed by atoms with van der Waals surface area (Å²) in [4.78, 5) is 0. The van der Waals surface area contributed by atoms with Crippen molar-refractivity contribution in [3.05, 3.63) is 34.9 Å². The zero-order valence-corrected chi connectivity index (χ0v) is 7.18. The molecule has 0 unspecified atom stereocenters. The molecule has 0 fully saturated rings. The van der Waals surface area contributed by atoms with Crippen molar-refractivity contribution in [3.63, 3.8) is 0 Å². The van der Waals surface area contributed by atoms with Crippen LogP contribution in [0.4, 0.5) is 35.1 Å². The molecular weight excluding hydrogens is 248 g/mol. The van der Waals surface area contributed by atoms with Crippen molar-refractivity contribution < 1.29 is 35.1 Å². The van der Waals surface area contributed by atoms with E-state index in [-0.39, 0.29) is 12.1 Å². The average Bonchev–Trinajstić information content (AvgIpc) is 1.97. The molecule has 1 rings (SSSR count). The highest BCUT2D eigenvalue weighted by Gasteiger charge is 2.43. The van der Waals surface area contributed by atoms with Crippen LogP contribution in [0.3, 0.4) is 0 Å². The van der Waals surface area contributed by atoms with Crippen molar-refractivity contribution >= 4 is 0 Å². The molecule has 1 aromatic carbocycles. The second-order valence-electron chi connectivity index (χ2n) is 2.78. The zero-order chi connectivity index (χ0) is 12.7. The molecule has 0 amide bonds. The van der Waals surface area contributed by atoms with E-state index in [0.717, 1.165) is 0 Å². The number of hydrogen-bond donors (Lipinski definition) is 0. The third-order valence-electron chi connectivity index (χ3n) is 1.68. The second-order valence-corrected chi connectivity index (χ2v) is 2.78. The third kappa shape index (κ3) is 2.25. The topological polar surface area (TPSA) is 0 Å². The highest BCUT2D eigenvalue weighted by Crippen LogP contribution is 2.39. The Hall–Kier alpha value is -1.34. The van der Waals surface area contributed by atoms with Gasteiger partial charge < -0.3 is 0 Å². The van der Waals surface area contributed by atoms with Crippen LogP contribution < -0.4 is 0 Å². The van der Waals surface area contributed by atoms with E-state index in [4.69, 9.17) is 0 Å². The molecule has 0 aromatic heterocycles. The molecule has 0 spiro atoms. The normalized spacial score (nSPS) is 13.0. The molecule has 0 aliphatic rings. The lowest BCUT2D eigenvalue weighted by atomic mass is 10.1. The van der Waals surface area contributed by atoms with Gasteiger partial charge in [-0.3, -0.25) is 0 Å². The van der Waals surface area contributed by atoms with Crippen LogP contribution in [0.15, 0.2) is 12.1 Å². The minimum Gasteiger partial charge on any atom is -0.206 e. The Balaban J connectivity index is 3.52. The molecule has 0 heterocycles. The monoisotopic (exact) mass is 250 g/mol. The summed E-state index contributed by atoms with van der Waals surface area (Å²) >= 11 is 0. The number of benzene rings is 1. The molecule has 0 nitrogen and oxygen atoms in total. The number of rotatable bonds is 0. The molecule has 0 N–H and O–H groups in total. The van der Waals surface area contributed by atoms with E-state index >= 15 is 0 Å². The van der Waals surface area contributed by atoms with Crippen molar-refractivity contribution in [2.24, 2.45) is 0 Å². The van der Waals surface area contributed by atoms with Crippen molar-refractivity contribution in [2.75, 3.05) is 0 Å². The Bertz CT molecular complexity index is 400. The minimum absolute atomic E-state index is 0.0747. The van der Waals surface area contributed by atoms with Gasteiger partial charge in [0.25, 0.3) is 0 Å². The van der Waals surface area contributed by atoms with E-state index in [9.17, 15) is 35.1 Å². The summed E-state index contributed by atoms with van der Waals surface area (Å²) in [6.45, 7) is 0. The maximum atomic E-state index is 12.8. The van der Waals surface area contributed by atoms with Gasteiger partial charge in [0.15, 0.2) is 5.82 Å². The van der Waals surface area contributed by atoms with Crippen LogP contribution in [0.2, 0.25) is 0 Å². The van der Waals surface area contributed by atoms with Crippen LogP contribution in [-0.4, -0.2) is 0 Å². The highest BCUT2D eigenvalue weighted by molar-refractivity contribution is 5.31. The van der Waals surface area contributed by atoms with Crippen LogP contribution in [-0.2, 0) is 12.4 Å². The van der Waals surface area contributed by atoms with Gasteiger partial charge in [-0.05, 0) is 12.1 Å². The van der Waals surface area contributed by atoms with E-state index in [1.54, 1.807) is 0 Å². The Kier molecular flexibility index (Phi) is 2.86. The van der Waals surface area contributed by atoms with Crippen LogP contribution in [0, 0.1) is 11.6 Å². The number of alkyl halides is 6. The van der Waals surface area contributed by atoms with Crippen LogP contribution in [0.5, 0.6) is 0 Å². The smallest absolute Gasteiger partial charge is 0.206 e. The summed E-state index contributed by atoms with van der Waals surface area (Å²) in [5.41, 5.74) is -4.69. The summed E-state index contributed by atoms with van der Waals surface area (Å²) in [5, 5.41) is 0. The van der Waals surface area contributed by atoms with E-state index in [1.165, 1.54) is 0 Å². The van der Waals surface area contributed by atoms with E-state index < -0.39 is 35.1 Å². The molecule has 1 aromatic rings. The predicted octanol–water partition coefficient (Wildman–Crippen LogP) is 4.00. The van der Waals surface area contributed by atoms with Crippen molar-refractivity contribution in [1.29, 1.82) is 0 Å². The Morgan fingerprint density at radius 1 is 0.750 bits per heavy atom. The molecule has 0 aliphatic carbocycles. The Morgan fingerprint density at radius 3 is 1.62 bits per heavy atom. The van der Waals surface area contributed by atoms with Crippen LogP contribution in [0.25, 0.3) is 0 Å². The fraction of sp³-hybridized carbons (Fsp3) is 0.250. The first kappa shape index (κ1) is 12.7. The van der Waals surface area contributed by atoms with Crippen molar-refractivity contribution in [2.45, 2.75) is 12.4 Å². The summed E-state index contributed by atoms with van der Waals surface area (Å²) in [6, 6.07) is -0.158. The van der Waals surface area contributed by atoms with E-state index in [0.29, 0.717) is 0 Å². The first-order valence-corrected chi connectivity index (χ1v) is 3.67. The van der Waals surface area contributed by atoms with E-state index in [1.807, 2.05) is 0 Å². The minimum atomic E-state index is -5.52. The maximum Gasteiger partial charge on any atom is 0.422 e. The highest BCUT2D eigenvalue weighted by atomic mass is 19.4. The fourth-order valence-corrected chi connectivity index (χ4v) is 1.03. The molecule has 8 heteroatoms. The van der Waals surface area contributed by atoms with Gasteiger partial charge >= 0.3 is 12.4 Å². The average molecular weight is 250 g/mol. The Morgan fingerprint density at radius 2 is 1.25 bits per heavy atom. The quantitative estimate of drug-likeness (QED) is 0.610. The van der Waals surface area contributed by atoms with Gasteiger partial charge in [0.2, 0.25) is 0 Å². The SMILES string of the molecule is Fc1ccc(C(F)(F)F)c(F)c1C(F)(F)F. The summed E-state index contributed by atoms with van der Waals surface area (Å²) in [7, 11) is 0. The van der Waals surface area contributed by atoms with Gasteiger partial charge in [-0.2, -0.15) is 26.3 Å². The van der Waals surface area contributed by atoms with Crippen LogP contribution in [0.1, 0.15) is 11.1 Å². The molecule has 0 atom stereocenters. The third-order valence-corrected chi connectivity index (χ3v) is 1.68. The first-order valence-electron chi connectivity index (χ1n) is 3.67. The van der Waals surface area contributed by atoms with Gasteiger partial charge in [-0.25, -0.2) is 8.78 Å².